The summed E-state index contributed by atoms with van der Waals surface area (Å²) in [6.45, 7) is 1.84. The van der Waals surface area contributed by atoms with Crippen molar-refractivity contribution in [3.05, 3.63) is 52.9 Å². The van der Waals surface area contributed by atoms with E-state index in [9.17, 15) is 4.79 Å². The van der Waals surface area contributed by atoms with Gasteiger partial charge in [-0.2, -0.15) is 10.2 Å². The molecule has 0 aliphatic carbocycles. The van der Waals surface area contributed by atoms with Gasteiger partial charge in [-0.25, -0.2) is 9.67 Å². The molecule has 0 saturated carbocycles. The van der Waals surface area contributed by atoms with Crippen LogP contribution in [0.1, 0.15) is 5.69 Å². The number of benzene rings is 1. The van der Waals surface area contributed by atoms with Crippen LogP contribution in [0.5, 0.6) is 0 Å². The molecular formula is C18H15Cl2N7O. The van der Waals surface area contributed by atoms with E-state index >= 15 is 0 Å². The van der Waals surface area contributed by atoms with E-state index in [1.54, 1.807) is 12.3 Å². The molecule has 10 heteroatoms. The minimum absolute atomic E-state index is 0.00993. The average molecular weight is 416 g/mol. The van der Waals surface area contributed by atoms with E-state index in [2.05, 4.69) is 24.8 Å². The second kappa shape index (κ2) is 6.65. The van der Waals surface area contributed by atoms with Gasteiger partial charge in [0.15, 0.2) is 0 Å². The predicted octanol–water partition coefficient (Wildman–Crippen LogP) is 2.97. The highest BCUT2D eigenvalue weighted by Crippen LogP contribution is 2.42. The Kier molecular flexibility index (Phi) is 4.10. The fourth-order valence-corrected chi connectivity index (χ4v) is 4.22. The first kappa shape index (κ1) is 17.3. The van der Waals surface area contributed by atoms with Gasteiger partial charge in [0.05, 0.1) is 28.3 Å². The molecule has 142 valence electrons. The number of amides is 1. The number of hydrogen-bond acceptors (Lipinski definition) is 4. The van der Waals surface area contributed by atoms with Crippen molar-refractivity contribution >= 4 is 40.0 Å². The van der Waals surface area contributed by atoms with E-state index in [1.807, 2.05) is 17.2 Å². The number of hydrogen-bond donors (Lipinski definition) is 1. The number of aromatic nitrogens is 6. The summed E-state index contributed by atoms with van der Waals surface area (Å²) >= 11 is 12.8. The van der Waals surface area contributed by atoms with Crippen molar-refractivity contribution in [2.24, 2.45) is 0 Å². The van der Waals surface area contributed by atoms with Crippen LogP contribution in [0, 0.1) is 0 Å². The molecule has 0 spiro atoms. The van der Waals surface area contributed by atoms with Gasteiger partial charge >= 0.3 is 0 Å². The number of halogens is 2. The van der Waals surface area contributed by atoms with Crippen molar-refractivity contribution in [2.45, 2.75) is 19.6 Å². The number of carbonyl (C=O) groups excluding carboxylic acids is 1. The number of rotatable bonds is 3. The zero-order valence-electron chi connectivity index (χ0n) is 14.6. The van der Waals surface area contributed by atoms with E-state index in [4.69, 9.17) is 23.2 Å². The lowest BCUT2D eigenvalue weighted by molar-refractivity contribution is -0.133. The van der Waals surface area contributed by atoms with Gasteiger partial charge in [0.1, 0.15) is 19.2 Å². The highest BCUT2D eigenvalue weighted by molar-refractivity contribution is 6.45. The Morgan fingerprint density at radius 1 is 1.25 bits per heavy atom. The fourth-order valence-electron chi connectivity index (χ4n) is 3.80. The standard InChI is InChI=1S/C18H15Cl2N7O/c19-13-2-1-12-16(11-5-22-23-6-11)14-7-25(3-4-27(14)18(12)17(13)20)15(28)8-26-10-21-9-24-26/h1-2,5-6,9-10H,3-4,7-8H2,(H,22,23). The molecule has 4 heterocycles. The molecular weight excluding hydrogens is 401 g/mol. The molecule has 28 heavy (non-hydrogen) atoms. The molecule has 0 saturated heterocycles. The highest BCUT2D eigenvalue weighted by atomic mass is 35.5. The van der Waals surface area contributed by atoms with E-state index < -0.39 is 0 Å². The largest absolute Gasteiger partial charge is 0.339 e. The van der Waals surface area contributed by atoms with Crippen molar-refractivity contribution in [3.63, 3.8) is 0 Å². The van der Waals surface area contributed by atoms with Crippen LogP contribution in [0.4, 0.5) is 0 Å². The Morgan fingerprint density at radius 3 is 2.89 bits per heavy atom. The predicted molar refractivity (Wildman–Crippen MR) is 105 cm³/mol. The molecule has 1 amide bonds. The van der Waals surface area contributed by atoms with Crippen LogP contribution in [-0.2, 0) is 24.4 Å². The maximum atomic E-state index is 12.8. The number of H-pyrrole nitrogens is 1. The summed E-state index contributed by atoms with van der Waals surface area (Å²) in [6, 6.07) is 3.77. The lowest BCUT2D eigenvalue weighted by atomic mass is 10.0. The van der Waals surface area contributed by atoms with Crippen molar-refractivity contribution in [1.82, 2.24) is 34.4 Å². The summed E-state index contributed by atoms with van der Waals surface area (Å²) in [6.07, 6.45) is 6.57. The smallest absolute Gasteiger partial charge is 0.244 e. The van der Waals surface area contributed by atoms with Crippen LogP contribution in [-0.4, -0.2) is 46.9 Å². The van der Waals surface area contributed by atoms with E-state index in [-0.39, 0.29) is 12.5 Å². The van der Waals surface area contributed by atoms with Gasteiger partial charge in [0.25, 0.3) is 0 Å². The zero-order valence-corrected chi connectivity index (χ0v) is 16.2. The summed E-state index contributed by atoms with van der Waals surface area (Å²) in [5.74, 6) is -0.00993. The van der Waals surface area contributed by atoms with E-state index in [1.165, 1.54) is 17.3 Å². The Bertz CT molecular complexity index is 1160. The van der Waals surface area contributed by atoms with Crippen molar-refractivity contribution in [2.75, 3.05) is 6.54 Å². The maximum Gasteiger partial charge on any atom is 0.244 e. The number of nitrogens with one attached hydrogen (secondary N) is 1. The highest BCUT2D eigenvalue weighted by Gasteiger charge is 2.28. The second-order valence-corrected chi connectivity index (χ2v) is 7.41. The van der Waals surface area contributed by atoms with Gasteiger partial charge in [-0.1, -0.05) is 29.3 Å². The van der Waals surface area contributed by atoms with E-state index in [0.29, 0.717) is 29.7 Å². The summed E-state index contributed by atoms with van der Waals surface area (Å²) in [4.78, 5) is 18.5. The van der Waals surface area contributed by atoms with Crippen LogP contribution in [0.3, 0.4) is 0 Å². The minimum atomic E-state index is -0.00993. The molecule has 1 aromatic carbocycles. The topological polar surface area (TPSA) is 84.6 Å². The number of fused-ring (bicyclic) bond motifs is 3. The first-order valence-electron chi connectivity index (χ1n) is 8.72. The van der Waals surface area contributed by atoms with Gasteiger partial charge in [-0.15, -0.1) is 0 Å². The third kappa shape index (κ3) is 2.68. The Morgan fingerprint density at radius 2 is 2.14 bits per heavy atom. The number of nitrogens with zero attached hydrogens (tertiary/aromatic N) is 6. The first-order chi connectivity index (χ1) is 13.6. The molecule has 0 bridgehead atoms. The Hall–Kier alpha value is -2.84. The Labute approximate surface area is 169 Å². The summed E-state index contributed by atoms with van der Waals surface area (Å²) in [5, 5.41) is 13.0. The molecule has 0 radical (unpaired) electrons. The molecule has 1 aliphatic heterocycles. The normalized spacial score (nSPS) is 13.9. The minimum Gasteiger partial charge on any atom is -0.339 e. The van der Waals surface area contributed by atoms with Gasteiger partial charge in [-0.3, -0.25) is 9.89 Å². The van der Waals surface area contributed by atoms with Crippen molar-refractivity contribution in [3.8, 4) is 11.1 Å². The van der Waals surface area contributed by atoms with Crippen LogP contribution < -0.4 is 0 Å². The third-order valence-corrected chi connectivity index (χ3v) is 5.85. The van der Waals surface area contributed by atoms with Gasteiger partial charge in [-0.05, 0) is 6.07 Å². The summed E-state index contributed by atoms with van der Waals surface area (Å²) in [5.41, 5.74) is 3.87. The second-order valence-electron chi connectivity index (χ2n) is 6.63. The third-order valence-electron chi connectivity index (χ3n) is 5.06. The molecule has 0 unspecified atom stereocenters. The van der Waals surface area contributed by atoms with Gasteiger partial charge in [0, 0.05) is 41.5 Å². The molecule has 1 N–H and O–H groups in total. The lowest BCUT2D eigenvalue weighted by Gasteiger charge is -2.30. The van der Waals surface area contributed by atoms with Crippen LogP contribution in [0.2, 0.25) is 10.0 Å². The van der Waals surface area contributed by atoms with Gasteiger partial charge in [0.2, 0.25) is 5.91 Å². The number of carbonyl (C=O) groups is 1. The monoisotopic (exact) mass is 415 g/mol. The fraction of sp³-hybridized carbons (Fsp3) is 0.222. The summed E-state index contributed by atoms with van der Waals surface area (Å²) < 4.78 is 3.69. The Balaban J connectivity index is 1.61. The lowest BCUT2D eigenvalue weighted by Crippen LogP contribution is -2.40. The molecule has 1 aliphatic rings. The maximum absolute atomic E-state index is 12.8. The van der Waals surface area contributed by atoms with Gasteiger partial charge < -0.3 is 9.47 Å². The van der Waals surface area contributed by atoms with Crippen molar-refractivity contribution < 1.29 is 4.79 Å². The summed E-state index contributed by atoms with van der Waals surface area (Å²) in [7, 11) is 0. The van der Waals surface area contributed by atoms with E-state index in [0.717, 1.165) is 27.7 Å². The number of aromatic amines is 1. The molecule has 0 atom stereocenters. The zero-order chi connectivity index (χ0) is 19.3. The van der Waals surface area contributed by atoms with Crippen LogP contribution in [0.25, 0.3) is 22.0 Å². The quantitative estimate of drug-likeness (QED) is 0.557. The molecule has 8 nitrogen and oxygen atoms in total. The van der Waals surface area contributed by atoms with Crippen molar-refractivity contribution in [1.29, 1.82) is 0 Å². The van der Waals surface area contributed by atoms with Crippen LogP contribution >= 0.6 is 23.2 Å². The molecule has 5 rings (SSSR count). The van der Waals surface area contributed by atoms with Crippen LogP contribution in [0.15, 0.2) is 37.2 Å². The first-order valence-corrected chi connectivity index (χ1v) is 9.47. The molecule has 3 aromatic heterocycles. The molecule has 4 aromatic rings. The average Bonchev–Trinajstić information content (AvgIpc) is 3.43. The molecule has 0 fully saturated rings. The SMILES string of the molecule is O=C(Cn1cncn1)N1CCn2c(c(-c3cn[nH]c3)c3ccc(Cl)c(Cl)c32)C1.